The molecular weight excluding hydrogens is 140 g/mol. The second-order valence-electron chi connectivity index (χ2n) is 1.67. The number of likely N-dealkylation sites (N-methyl/N-ethyl adjacent to an activating group) is 1. The first-order chi connectivity index (χ1) is 5.27. The molecular formula is C8H24N2O. The molecule has 0 aromatic rings. The number of rotatable bonds is 3. The van der Waals surface area contributed by atoms with Crippen molar-refractivity contribution in [3.8, 4) is 0 Å². The van der Waals surface area contributed by atoms with E-state index in [1.165, 1.54) is 0 Å². The predicted molar refractivity (Wildman–Crippen MR) is 51.4 cm³/mol. The standard InChI is InChI=1S/C4H12N2O.2C2H6/c1-6(2)3-4-7-5;2*1-2/h3-5H2,1-2H3;2*1-2H3. The first-order valence-corrected chi connectivity index (χ1v) is 4.24. The fourth-order valence-electron chi connectivity index (χ4n) is 0.235. The van der Waals surface area contributed by atoms with E-state index in [4.69, 9.17) is 5.90 Å². The third-order valence-corrected chi connectivity index (χ3v) is 0.656. The van der Waals surface area contributed by atoms with Crippen LogP contribution in [-0.4, -0.2) is 32.1 Å². The summed E-state index contributed by atoms with van der Waals surface area (Å²) >= 11 is 0. The molecule has 2 N–H and O–H groups in total. The van der Waals surface area contributed by atoms with Gasteiger partial charge in [0.15, 0.2) is 0 Å². The lowest BCUT2D eigenvalue weighted by atomic mass is 10.6. The summed E-state index contributed by atoms with van der Waals surface area (Å²) in [7, 11) is 3.94. The minimum absolute atomic E-state index is 0.604. The molecule has 0 aliphatic carbocycles. The van der Waals surface area contributed by atoms with Gasteiger partial charge in [-0.25, -0.2) is 5.90 Å². The zero-order valence-electron chi connectivity index (χ0n) is 8.85. The van der Waals surface area contributed by atoms with Crippen molar-refractivity contribution in [2.24, 2.45) is 5.90 Å². The zero-order chi connectivity index (χ0) is 9.70. The fourth-order valence-corrected chi connectivity index (χ4v) is 0.235. The van der Waals surface area contributed by atoms with Gasteiger partial charge in [-0.05, 0) is 14.1 Å². The molecule has 0 spiro atoms. The van der Waals surface area contributed by atoms with Crippen LogP contribution in [0.2, 0.25) is 0 Å². The van der Waals surface area contributed by atoms with Crippen molar-refractivity contribution < 1.29 is 4.84 Å². The van der Waals surface area contributed by atoms with Gasteiger partial charge in [-0.3, -0.25) is 0 Å². The van der Waals surface area contributed by atoms with Gasteiger partial charge in [0.2, 0.25) is 0 Å². The Morgan fingerprint density at radius 2 is 1.45 bits per heavy atom. The molecule has 72 valence electrons. The highest BCUT2D eigenvalue weighted by molar-refractivity contribution is 4.35. The van der Waals surface area contributed by atoms with E-state index < -0.39 is 0 Å². The Hall–Kier alpha value is -0.120. The van der Waals surface area contributed by atoms with Gasteiger partial charge in [0, 0.05) is 6.54 Å². The van der Waals surface area contributed by atoms with Gasteiger partial charge in [0.25, 0.3) is 0 Å². The third-order valence-electron chi connectivity index (χ3n) is 0.656. The molecule has 0 radical (unpaired) electrons. The van der Waals surface area contributed by atoms with Crippen LogP contribution in [0.3, 0.4) is 0 Å². The molecule has 0 atom stereocenters. The zero-order valence-corrected chi connectivity index (χ0v) is 8.85. The van der Waals surface area contributed by atoms with Crippen LogP contribution in [0.4, 0.5) is 0 Å². The highest BCUT2D eigenvalue weighted by Crippen LogP contribution is 1.70. The SMILES string of the molecule is CC.CC.CN(C)CCON. The second-order valence-corrected chi connectivity index (χ2v) is 1.67. The number of nitrogens with zero attached hydrogens (tertiary/aromatic N) is 1. The van der Waals surface area contributed by atoms with Gasteiger partial charge in [-0.2, -0.15) is 0 Å². The molecule has 0 fully saturated rings. The second kappa shape index (κ2) is 22.5. The first-order valence-electron chi connectivity index (χ1n) is 4.24. The molecule has 0 aromatic heterocycles. The van der Waals surface area contributed by atoms with E-state index in [-0.39, 0.29) is 0 Å². The molecule has 0 saturated heterocycles. The van der Waals surface area contributed by atoms with E-state index >= 15 is 0 Å². The van der Waals surface area contributed by atoms with Crippen LogP contribution >= 0.6 is 0 Å². The molecule has 0 aliphatic heterocycles. The Balaban J connectivity index is -0.000000138. The Kier molecular flexibility index (Phi) is 35.0. The van der Waals surface area contributed by atoms with Crippen LogP contribution in [0.5, 0.6) is 0 Å². The van der Waals surface area contributed by atoms with Crippen molar-refractivity contribution in [3.05, 3.63) is 0 Å². The van der Waals surface area contributed by atoms with E-state index in [1.807, 2.05) is 46.7 Å². The van der Waals surface area contributed by atoms with Crippen molar-refractivity contribution in [2.75, 3.05) is 27.2 Å². The van der Waals surface area contributed by atoms with E-state index in [0.717, 1.165) is 6.54 Å². The van der Waals surface area contributed by atoms with Gasteiger partial charge in [-0.1, -0.05) is 27.7 Å². The molecule has 0 aliphatic rings. The quantitative estimate of drug-likeness (QED) is 0.642. The summed E-state index contributed by atoms with van der Waals surface area (Å²) < 4.78 is 0. The fraction of sp³-hybridized carbons (Fsp3) is 1.00. The van der Waals surface area contributed by atoms with Gasteiger partial charge < -0.3 is 9.74 Å². The van der Waals surface area contributed by atoms with E-state index in [0.29, 0.717) is 6.61 Å². The summed E-state index contributed by atoms with van der Waals surface area (Å²) in [6.07, 6.45) is 0. The van der Waals surface area contributed by atoms with Crippen molar-refractivity contribution in [3.63, 3.8) is 0 Å². The Morgan fingerprint density at radius 3 is 1.55 bits per heavy atom. The molecule has 0 aromatic carbocycles. The van der Waals surface area contributed by atoms with Crippen molar-refractivity contribution in [1.82, 2.24) is 4.90 Å². The number of nitrogens with two attached hydrogens (primary N) is 1. The van der Waals surface area contributed by atoms with Crippen LogP contribution in [0, 0.1) is 0 Å². The molecule has 0 saturated carbocycles. The lowest BCUT2D eigenvalue weighted by molar-refractivity contribution is 0.120. The van der Waals surface area contributed by atoms with E-state index in [2.05, 4.69) is 4.84 Å². The smallest absolute Gasteiger partial charge is 0.0806 e. The maximum Gasteiger partial charge on any atom is 0.0806 e. The van der Waals surface area contributed by atoms with Gasteiger partial charge in [0.1, 0.15) is 0 Å². The molecule has 0 heterocycles. The normalized spacial score (nSPS) is 7.64. The van der Waals surface area contributed by atoms with Gasteiger partial charge in [-0.15, -0.1) is 0 Å². The number of hydrogen-bond donors (Lipinski definition) is 1. The third kappa shape index (κ3) is 40.8. The molecule has 0 amide bonds. The maximum atomic E-state index is 4.75. The maximum absolute atomic E-state index is 4.75. The molecule has 3 heteroatoms. The van der Waals surface area contributed by atoms with E-state index in [9.17, 15) is 0 Å². The minimum Gasteiger partial charge on any atom is -0.307 e. The monoisotopic (exact) mass is 164 g/mol. The van der Waals surface area contributed by atoms with Crippen LogP contribution in [0.15, 0.2) is 0 Å². The average molecular weight is 164 g/mol. The lowest BCUT2D eigenvalue weighted by Crippen LogP contribution is -2.19. The molecule has 0 rings (SSSR count). The Labute approximate surface area is 71.5 Å². The van der Waals surface area contributed by atoms with Crippen LogP contribution in [0.25, 0.3) is 0 Å². The van der Waals surface area contributed by atoms with Gasteiger partial charge in [0.05, 0.1) is 6.61 Å². The van der Waals surface area contributed by atoms with Crippen molar-refractivity contribution in [1.29, 1.82) is 0 Å². The van der Waals surface area contributed by atoms with Crippen LogP contribution in [0.1, 0.15) is 27.7 Å². The predicted octanol–water partition coefficient (Wildman–Crippen LogP) is 1.49. The molecule has 3 nitrogen and oxygen atoms in total. The van der Waals surface area contributed by atoms with Crippen molar-refractivity contribution >= 4 is 0 Å². The van der Waals surface area contributed by atoms with Crippen LogP contribution < -0.4 is 5.90 Å². The van der Waals surface area contributed by atoms with E-state index in [1.54, 1.807) is 0 Å². The van der Waals surface area contributed by atoms with Gasteiger partial charge >= 0.3 is 0 Å². The molecule has 0 unspecified atom stereocenters. The molecule has 11 heavy (non-hydrogen) atoms. The summed E-state index contributed by atoms with van der Waals surface area (Å²) in [5.74, 6) is 4.75. The summed E-state index contributed by atoms with van der Waals surface area (Å²) in [5.41, 5.74) is 0. The van der Waals surface area contributed by atoms with Crippen LogP contribution in [-0.2, 0) is 4.84 Å². The Bertz CT molecular complexity index is 41.1. The highest BCUT2D eigenvalue weighted by atomic mass is 16.6. The Morgan fingerprint density at radius 1 is 1.09 bits per heavy atom. The summed E-state index contributed by atoms with van der Waals surface area (Å²) in [5, 5.41) is 0. The minimum atomic E-state index is 0.604. The average Bonchev–Trinajstić information content (AvgIpc) is 2.08. The number of hydrogen-bond acceptors (Lipinski definition) is 3. The topological polar surface area (TPSA) is 38.5 Å². The summed E-state index contributed by atoms with van der Waals surface area (Å²) in [6.45, 7) is 9.49. The summed E-state index contributed by atoms with van der Waals surface area (Å²) in [6, 6.07) is 0. The highest BCUT2D eigenvalue weighted by Gasteiger charge is 1.84. The largest absolute Gasteiger partial charge is 0.307 e. The first kappa shape index (κ1) is 17.1. The lowest BCUT2D eigenvalue weighted by Gasteiger charge is -2.05. The summed E-state index contributed by atoms with van der Waals surface area (Å²) in [4.78, 5) is 6.32. The van der Waals surface area contributed by atoms with Crippen molar-refractivity contribution in [2.45, 2.75) is 27.7 Å². The molecule has 0 bridgehead atoms.